The van der Waals surface area contributed by atoms with Crippen LogP contribution in [-0.2, 0) is 20.9 Å². The molecule has 1 heterocycles. The number of esters is 1. The van der Waals surface area contributed by atoms with E-state index in [4.69, 9.17) is 10.00 Å². The average Bonchev–Trinajstić information content (AvgIpc) is 2.82. The van der Waals surface area contributed by atoms with E-state index in [9.17, 15) is 14.4 Å². The zero-order valence-corrected chi connectivity index (χ0v) is 16.4. The van der Waals surface area contributed by atoms with Crippen LogP contribution >= 0.6 is 0 Å². The Hall–Kier alpha value is -2.88. The molecule has 1 N–H and O–H groups in total. The third-order valence-corrected chi connectivity index (χ3v) is 5.39. The summed E-state index contributed by atoms with van der Waals surface area (Å²) >= 11 is 0. The molecular formula is C21H25N3O4. The van der Waals surface area contributed by atoms with Gasteiger partial charge in [-0.05, 0) is 48.3 Å². The molecule has 0 radical (unpaired) electrons. The molecule has 3 rings (SSSR count). The van der Waals surface area contributed by atoms with Crippen LogP contribution < -0.4 is 5.32 Å². The molecule has 148 valence electrons. The molecule has 7 heteroatoms. The standard InChI is InChI=1S/C21H25N3O4/c1-14-8-20(2,3)13-21(9-14)18(26)24(19(27)23-21)11-17(25)28-12-16-6-4-15(10-22)5-7-16/h4-7,14H,8-9,11-13H2,1-3H3,(H,23,27)/t14-,21+/m0/s1. The molecule has 1 spiro atoms. The highest BCUT2D eigenvalue weighted by atomic mass is 16.5. The van der Waals surface area contributed by atoms with E-state index in [0.29, 0.717) is 24.3 Å². The molecule has 1 saturated carbocycles. The number of amides is 3. The van der Waals surface area contributed by atoms with Gasteiger partial charge in [-0.15, -0.1) is 0 Å². The van der Waals surface area contributed by atoms with E-state index in [0.717, 1.165) is 16.9 Å². The number of hydrogen-bond donors (Lipinski definition) is 1. The molecule has 0 unspecified atom stereocenters. The molecule has 1 aromatic carbocycles. The Morgan fingerprint density at radius 2 is 1.96 bits per heavy atom. The van der Waals surface area contributed by atoms with Crippen molar-refractivity contribution in [1.29, 1.82) is 5.26 Å². The zero-order valence-electron chi connectivity index (χ0n) is 16.4. The van der Waals surface area contributed by atoms with Crippen LogP contribution in [0.1, 0.15) is 51.2 Å². The Balaban J connectivity index is 1.62. The van der Waals surface area contributed by atoms with Gasteiger partial charge in [-0.2, -0.15) is 5.26 Å². The van der Waals surface area contributed by atoms with Gasteiger partial charge in [0.05, 0.1) is 11.6 Å². The SMILES string of the molecule is C[C@H]1CC(C)(C)C[C@@]2(C1)NC(=O)N(CC(=O)OCc1ccc(C#N)cc1)C2=O. The second kappa shape index (κ2) is 7.27. The van der Waals surface area contributed by atoms with Crippen molar-refractivity contribution in [3.8, 4) is 6.07 Å². The van der Waals surface area contributed by atoms with E-state index in [1.807, 2.05) is 6.07 Å². The third kappa shape index (κ3) is 4.01. The van der Waals surface area contributed by atoms with Gasteiger partial charge in [0.25, 0.3) is 5.91 Å². The number of rotatable bonds is 4. The number of urea groups is 1. The number of nitrogens with zero attached hydrogens (tertiary/aromatic N) is 2. The van der Waals surface area contributed by atoms with Crippen molar-refractivity contribution in [2.24, 2.45) is 11.3 Å². The highest BCUT2D eigenvalue weighted by molar-refractivity contribution is 6.08. The second-order valence-electron chi connectivity index (χ2n) is 8.73. The lowest BCUT2D eigenvalue weighted by Crippen LogP contribution is -2.54. The van der Waals surface area contributed by atoms with Gasteiger partial charge in [-0.1, -0.05) is 32.9 Å². The quantitative estimate of drug-likeness (QED) is 0.637. The molecule has 2 fully saturated rings. The lowest BCUT2D eigenvalue weighted by atomic mass is 9.64. The fourth-order valence-electron chi connectivity index (χ4n) is 4.66. The van der Waals surface area contributed by atoms with Gasteiger partial charge in [0.1, 0.15) is 18.7 Å². The van der Waals surface area contributed by atoms with Crippen LogP contribution in [-0.4, -0.2) is 34.9 Å². The van der Waals surface area contributed by atoms with Crippen molar-refractivity contribution < 1.29 is 19.1 Å². The molecule has 1 aromatic rings. The summed E-state index contributed by atoms with van der Waals surface area (Å²) in [4.78, 5) is 38.6. The second-order valence-corrected chi connectivity index (χ2v) is 8.73. The van der Waals surface area contributed by atoms with E-state index in [1.54, 1.807) is 24.3 Å². The van der Waals surface area contributed by atoms with Gasteiger partial charge < -0.3 is 10.1 Å². The fourth-order valence-corrected chi connectivity index (χ4v) is 4.66. The lowest BCUT2D eigenvalue weighted by molar-refractivity contribution is -0.149. The van der Waals surface area contributed by atoms with Crippen molar-refractivity contribution in [3.63, 3.8) is 0 Å². The van der Waals surface area contributed by atoms with Crippen LogP contribution in [0.15, 0.2) is 24.3 Å². The minimum atomic E-state index is -0.925. The number of carbonyl (C=O) groups is 3. The van der Waals surface area contributed by atoms with Gasteiger partial charge in [-0.3, -0.25) is 14.5 Å². The normalized spacial score (nSPS) is 26.1. The van der Waals surface area contributed by atoms with Gasteiger partial charge in [0.2, 0.25) is 0 Å². The number of benzene rings is 1. The maximum atomic E-state index is 13.0. The summed E-state index contributed by atoms with van der Waals surface area (Å²) < 4.78 is 5.20. The van der Waals surface area contributed by atoms with Crippen molar-refractivity contribution >= 4 is 17.9 Å². The van der Waals surface area contributed by atoms with E-state index >= 15 is 0 Å². The average molecular weight is 383 g/mol. The topological polar surface area (TPSA) is 99.5 Å². The molecule has 3 amide bonds. The maximum Gasteiger partial charge on any atom is 0.326 e. The van der Waals surface area contributed by atoms with Crippen LogP contribution in [0.2, 0.25) is 0 Å². The van der Waals surface area contributed by atoms with Gasteiger partial charge >= 0.3 is 12.0 Å². The molecule has 7 nitrogen and oxygen atoms in total. The Labute approximate surface area is 164 Å². The van der Waals surface area contributed by atoms with Crippen LogP contribution in [0.5, 0.6) is 0 Å². The minimum Gasteiger partial charge on any atom is -0.459 e. The highest BCUT2D eigenvalue weighted by Crippen LogP contribution is 2.46. The third-order valence-electron chi connectivity index (χ3n) is 5.39. The highest BCUT2D eigenvalue weighted by Gasteiger charge is 2.56. The first-order chi connectivity index (χ1) is 13.1. The molecule has 1 aliphatic heterocycles. The monoisotopic (exact) mass is 383 g/mol. The molecular weight excluding hydrogens is 358 g/mol. The molecule has 2 aliphatic rings. The molecule has 1 aliphatic carbocycles. The summed E-state index contributed by atoms with van der Waals surface area (Å²) in [5.41, 5.74) is 0.256. The van der Waals surface area contributed by atoms with E-state index < -0.39 is 24.1 Å². The Bertz CT molecular complexity index is 840. The summed E-state index contributed by atoms with van der Waals surface area (Å²) in [7, 11) is 0. The van der Waals surface area contributed by atoms with Crippen LogP contribution in [0, 0.1) is 22.7 Å². The Kier molecular flexibility index (Phi) is 5.16. The van der Waals surface area contributed by atoms with Gasteiger partial charge in [0, 0.05) is 0 Å². The summed E-state index contributed by atoms with van der Waals surface area (Å²) in [6, 6.07) is 8.14. The number of imide groups is 1. The largest absolute Gasteiger partial charge is 0.459 e. The smallest absolute Gasteiger partial charge is 0.326 e. The predicted octanol–water partition coefficient (Wildman–Crippen LogP) is 2.74. The van der Waals surface area contributed by atoms with Crippen molar-refractivity contribution in [3.05, 3.63) is 35.4 Å². The van der Waals surface area contributed by atoms with Crippen LogP contribution in [0.4, 0.5) is 4.79 Å². The summed E-state index contributed by atoms with van der Waals surface area (Å²) in [5, 5.41) is 11.6. The van der Waals surface area contributed by atoms with E-state index in [-0.39, 0.29) is 17.9 Å². The van der Waals surface area contributed by atoms with E-state index in [2.05, 4.69) is 26.1 Å². The number of ether oxygens (including phenoxy) is 1. The van der Waals surface area contributed by atoms with Crippen molar-refractivity contribution in [1.82, 2.24) is 10.2 Å². The fraction of sp³-hybridized carbons (Fsp3) is 0.524. The van der Waals surface area contributed by atoms with Crippen molar-refractivity contribution in [2.45, 2.75) is 52.2 Å². The van der Waals surface area contributed by atoms with Crippen molar-refractivity contribution in [2.75, 3.05) is 6.54 Å². The first-order valence-electron chi connectivity index (χ1n) is 9.43. The van der Waals surface area contributed by atoms with Gasteiger partial charge in [0.15, 0.2) is 0 Å². The number of hydrogen-bond acceptors (Lipinski definition) is 5. The maximum absolute atomic E-state index is 13.0. The minimum absolute atomic E-state index is 0.0173. The lowest BCUT2D eigenvalue weighted by Gasteiger charge is -2.43. The Morgan fingerprint density at radius 1 is 1.29 bits per heavy atom. The molecule has 28 heavy (non-hydrogen) atoms. The zero-order chi connectivity index (χ0) is 20.5. The van der Waals surface area contributed by atoms with Crippen LogP contribution in [0.3, 0.4) is 0 Å². The summed E-state index contributed by atoms with van der Waals surface area (Å²) in [6.45, 7) is 5.88. The number of nitrogens with one attached hydrogen (secondary N) is 1. The first-order valence-corrected chi connectivity index (χ1v) is 9.43. The molecule has 0 bridgehead atoms. The predicted molar refractivity (Wildman–Crippen MR) is 101 cm³/mol. The molecule has 0 aromatic heterocycles. The summed E-state index contributed by atoms with van der Waals surface area (Å²) in [6.07, 6.45) is 2.13. The van der Waals surface area contributed by atoms with Crippen LogP contribution in [0.25, 0.3) is 0 Å². The van der Waals surface area contributed by atoms with E-state index in [1.165, 1.54) is 0 Å². The number of carbonyl (C=O) groups excluding carboxylic acids is 3. The molecule has 2 atom stereocenters. The number of nitriles is 1. The Morgan fingerprint density at radius 3 is 2.57 bits per heavy atom. The summed E-state index contributed by atoms with van der Waals surface area (Å²) in [5.74, 6) is -0.684. The van der Waals surface area contributed by atoms with Gasteiger partial charge in [-0.25, -0.2) is 4.79 Å². The molecule has 1 saturated heterocycles. The first kappa shape index (κ1) is 19.9.